The molecule has 1 saturated heterocycles. The van der Waals surface area contributed by atoms with Gasteiger partial charge in [0, 0.05) is 11.1 Å². The predicted molar refractivity (Wildman–Crippen MR) is 70.2 cm³/mol. The molecule has 1 aliphatic heterocycles. The number of anilines is 1. The maximum absolute atomic E-state index is 12.6. The Kier molecular flexibility index (Phi) is 5.21. The van der Waals surface area contributed by atoms with E-state index in [1.165, 1.54) is 0 Å². The van der Waals surface area contributed by atoms with Crippen molar-refractivity contribution in [2.45, 2.75) is 30.5 Å². The van der Waals surface area contributed by atoms with E-state index in [0.29, 0.717) is 6.07 Å². The Balaban J connectivity index is 2.05. The van der Waals surface area contributed by atoms with Gasteiger partial charge in [0.1, 0.15) is 17.9 Å². The molecule has 3 N–H and O–H groups in total. The van der Waals surface area contributed by atoms with Gasteiger partial charge in [-0.15, -0.1) is 0 Å². The van der Waals surface area contributed by atoms with Gasteiger partial charge in [0.2, 0.25) is 5.95 Å². The van der Waals surface area contributed by atoms with Gasteiger partial charge >= 0.3 is 6.18 Å². The van der Waals surface area contributed by atoms with Gasteiger partial charge in [-0.05, 0) is 11.6 Å². The van der Waals surface area contributed by atoms with Crippen molar-refractivity contribution in [2.75, 3.05) is 18.5 Å². The molecule has 126 valence electrons. The van der Waals surface area contributed by atoms with Gasteiger partial charge in [-0.1, -0.05) is 5.11 Å². The average molecular weight is 334 g/mol. The van der Waals surface area contributed by atoms with E-state index in [1.54, 1.807) is 0 Å². The third kappa shape index (κ3) is 4.20. The Morgan fingerprint density at radius 3 is 2.83 bits per heavy atom. The zero-order chi connectivity index (χ0) is 17.0. The van der Waals surface area contributed by atoms with Crippen LogP contribution in [0.2, 0.25) is 0 Å². The van der Waals surface area contributed by atoms with Crippen molar-refractivity contribution in [3.05, 3.63) is 28.4 Å². The molecule has 23 heavy (non-hydrogen) atoms. The first kappa shape index (κ1) is 17.2. The van der Waals surface area contributed by atoms with Gasteiger partial charge in [0.25, 0.3) is 0 Å². The zero-order valence-electron chi connectivity index (χ0n) is 11.6. The van der Waals surface area contributed by atoms with Crippen molar-refractivity contribution in [1.82, 2.24) is 9.97 Å². The van der Waals surface area contributed by atoms with E-state index in [0.717, 1.165) is 6.20 Å². The van der Waals surface area contributed by atoms with Gasteiger partial charge in [-0.2, -0.15) is 13.2 Å². The quantitative estimate of drug-likeness (QED) is 0.421. The first-order valence-corrected chi connectivity index (χ1v) is 6.48. The van der Waals surface area contributed by atoms with E-state index in [-0.39, 0.29) is 19.1 Å². The SMILES string of the molecule is [N-]=[N+]=NC[C@@H]1OCC(Nc2nccc(C(F)(F)F)n2)C(O)C1O. The van der Waals surface area contributed by atoms with E-state index in [9.17, 15) is 23.4 Å². The summed E-state index contributed by atoms with van der Waals surface area (Å²) in [5.74, 6) is -0.354. The van der Waals surface area contributed by atoms with E-state index in [1.807, 2.05) is 0 Å². The molecule has 4 atom stereocenters. The standard InChI is InChI=1S/C11H13F3N6O3/c12-11(13,14)7-1-2-16-10(19-7)18-5-4-23-6(3-17-20-15)9(22)8(5)21/h1-2,5-6,8-9,21-22H,3-4H2,(H,16,18,19)/t5?,6-,8?,9?/m0/s1. The Hall–Kier alpha value is -2.14. The van der Waals surface area contributed by atoms with E-state index in [2.05, 4.69) is 25.3 Å². The summed E-state index contributed by atoms with van der Waals surface area (Å²) < 4.78 is 43.0. The summed E-state index contributed by atoms with van der Waals surface area (Å²) in [6.45, 7) is -0.315. The van der Waals surface area contributed by atoms with Gasteiger partial charge in [0.05, 0.1) is 25.3 Å². The fraction of sp³-hybridized carbons (Fsp3) is 0.636. The first-order valence-electron chi connectivity index (χ1n) is 6.48. The minimum atomic E-state index is -4.62. The maximum atomic E-state index is 12.6. The number of rotatable bonds is 4. The number of aromatic nitrogens is 2. The lowest BCUT2D eigenvalue weighted by Crippen LogP contribution is -2.56. The van der Waals surface area contributed by atoms with Crippen LogP contribution < -0.4 is 5.32 Å². The highest BCUT2D eigenvalue weighted by atomic mass is 19.4. The molecule has 0 aromatic carbocycles. The number of aliphatic hydroxyl groups excluding tert-OH is 2. The normalized spacial score (nSPS) is 28.0. The molecule has 2 rings (SSSR count). The minimum Gasteiger partial charge on any atom is -0.388 e. The highest BCUT2D eigenvalue weighted by molar-refractivity contribution is 5.29. The smallest absolute Gasteiger partial charge is 0.388 e. The molecule has 0 radical (unpaired) electrons. The number of hydrogen-bond acceptors (Lipinski definition) is 7. The lowest BCUT2D eigenvalue weighted by molar-refractivity contribution is -0.141. The third-order valence-electron chi connectivity index (χ3n) is 3.22. The van der Waals surface area contributed by atoms with Crippen molar-refractivity contribution in [2.24, 2.45) is 5.11 Å². The lowest BCUT2D eigenvalue weighted by atomic mass is 9.98. The fourth-order valence-corrected chi connectivity index (χ4v) is 2.04. The molecule has 12 heteroatoms. The molecular formula is C11H13F3N6O3. The van der Waals surface area contributed by atoms with Crippen LogP contribution in [0.3, 0.4) is 0 Å². The number of ether oxygens (including phenoxy) is 1. The fourth-order valence-electron chi connectivity index (χ4n) is 2.04. The molecule has 0 aliphatic carbocycles. The van der Waals surface area contributed by atoms with Crippen LogP contribution in [0, 0.1) is 0 Å². The Morgan fingerprint density at radius 1 is 1.43 bits per heavy atom. The molecule has 0 saturated carbocycles. The van der Waals surface area contributed by atoms with Crippen LogP contribution in [0.1, 0.15) is 5.69 Å². The van der Waals surface area contributed by atoms with Crippen molar-refractivity contribution in [3.8, 4) is 0 Å². The second kappa shape index (κ2) is 6.96. The summed E-state index contributed by atoms with van der Waals surface area (Å²) in [6.07, 6.45) is -7.34. The maximum Gasteiger partial charge on any atom is 0.433 e. The molecule has 0 amide bonds. The minimum absolute atomic E-state index is 0.135. The van der Waals surface area contributed by atoms with Crippen LogP contribution in [0.5, 0.6) is 0 Å². The molecule has 0 bridgehead atoms. The number of aliphatic hydroxyl groups is 2. The summed E-state index contributed by atoms with van der Waals surface area (Å²) >= 11 is 0. The van der Waals surface area contributed by atoms with Crippen LogP contribution in [0.25, 0.3) is 10.4 Å². The van der Waals surface area contributed by atoms with E-state index in [4.69, 9.17) is 10.3 Å². The first-order chi connectivity index (χ1) is 10.8. The van der Waals surface area contributed by atoms with Crippen LogP contribution in [0.15, 0.2) is 17.4 Å². The highest BCUT2D eigenvalue weighted by Gasteiger charge is 2.39. The van der Waals surface area contributed by atoms with Gasteiger partial charge < -0.3 is 20.3 Å². The third-order valence-corrected chi connectivity index (χ3v) is 3.22. The van der Waals surface area contributed by atoms with Crippen LogP contribution in [-0.2, 0) is 10.9 Å². The largest absolute Gasteiger partial charge is 0.433 e. The van der Waals surface area contributed by atoms with Crippen LogP contribution in [0.4, 0.5) is 19.1 Å². The van der Waals surface area contributed by atoms with Gasteiger partial charge in [-0.3, -0.25) is 0 Å². The number of halogens is 3. The summed E-state index contributed by atoms with van der Waals surface area (Å²) in [5, 5.41) is 25.6. The zero-order valence-corrected chi connectivity index (χ0v) is 11.6. The predicted octanol–water partition coefficient (Wildman–Crippen LogP) is 0.707. The number of nitrogens with one attached hydrogen (secondary N) is 1. The van der Waals surface area contributed by atoms with Gasteiger partial charge in [0.15, 0.2) is 0 Å². The molecule has 1 aromatic heterocycles. The molecule has 3 unspecified atom stereocenters. The van der Waals surface area contributed by atoms with Gasteiger partial charge in [-0.25, -0.2) is 9.97 Å². The Bertz CT molecular complexity index is 595. The Morgan fingerprint density at radius 2 is 2.17 bits per heavy atom. The monoisotopic (exact) mass is 334 g/mol. The van der Waals surface area contributed by atoms with Crippen molar-refractivity contribution >= 4 is 5.95 Å². The number of azide groups is 1. The van der Waals surface area contributed by atoms with Crippen molar-refractivity contribution in [1.29, 1.82) is 0 Å². The molecule has 1 aliphatic rings. The topological polar surface area (TPSA) is 136 Å². The molecule has 9 nitrogen and oxygen atoms in total. The molecular weight excluding hydrogens is 321 g/mol. The highest BCUT2D eigenvalue weighted by Crippen LogP contribution is 2.28. The summed E-state index contributed by atoms with van der Waals surface area (Å²) in [4.78, 5) is 9.46. The van der Waals surface area contributed by atoms with Crippen LogP contribution in [-0.4, -0.2) is 57.7 Å². The van der Waals surface area contributed by atoms with Crippen LogP contribution >= 0.6 is 0 Å². The molecule has 2 heterocycles. The van der Waals surface area contributed by atoms with E-state index < -0.39 is 36.2 Å². The number of hydrogen-bond donors (Lipinski definition) is 3. The molecule has 0 spiro atoms. The summed E-state index contributed by atoms with van der Waals surface area (Å²) in [6, 6.07) is -0.209. The summed E-state index contributed by atoms with van der Waals surface area (Å²) in [5.41, 5.74) is 7.09. The van der Waals surface area contributed by atoms with Crippen molar-refractivity contribution in [3.63, 3.8) is 0 Å². The lowest BCUT2D eigenvalue weighted by Gasteiger charge is -2.37. The summed E-state index contributed by atoms with van der Waals surface area (Å²) in [7, 11) is 0. The van der Waals surface area contributed by atoms with E-state index >= 15 is 0 Å². The Labute approximate surface area is 127 Å². The van der Waals surface area contributed by atoms with Crippen molar-refractivity contribution < 1.29 is 28.1 Å². The second-order valence-electron chi connectivity index (χ2n) is 4.78. The number of nitrogens with zero attached hydrogens (tertiary/aromatic N) is 5. The number of alkyl halides is 3. The second-order valence-corrected chi connectivity index (χ2v) is 4.78. The molecule has 1 aromatic rings. The average Bonchev–Trinajstić information content (AvgIpc) is 2.51. The molecule has 1 fully saturated rings.